The lowest BCUT2D eigenvalue weighted by molar-refractivity contribution is -0.386. The third-order valence-electron chi connectivity index (χ3n) is 4.00. The number of pyridine rings is 1. The van der Waals surface area contributed by atoms with Crippen molar-refractivity contribution in [3.05, 3.63) is 23.4 Å². The molecule has 0 atom stereocenters. The Balaban J connectivity index is 0.000000541. The average Bonchev–Trinajstić information content (AvgIpc) is 2.48. The molecule has 0 aliphatic heterocycles. The number of hydrogen-bond donors (Lipinski definition) is 1. The van der Waals surface area contributed by atoms with E-state index in [-0.39, 0.29) is 0 Å². The van der Waals surface area contributed by atoms with Crippen molar-refractivity contribution in [3.63, 3.8) is 0 Å². The smallest absolute Gasteiger partial charge is 0.222 e. The fourth-order valence-corrected chi connectivity index (χ4v) is 2.67. The Bertz CT molecular complexity index is 465. The Morgan fingerprint density at radius 2 is 1.95 bits per heavy atom. The molecule has 1 heterocycles. The molecule has 5 heteroatoms. The number of aromatic nitrogens is 1. The van der Waals surface area contributed by atoms with Gasteiger partial charge in [-0.2, -0.15) is 0 Å². The molecule has 1 aromatic rings. The maximum absolute atomic E-state index is 8.89. The maximum Gasteiger partial charge on any atom is 0.222 e. The lowest BCUT2D eigenvalue weighted by Crippen LogP contribution is -2.47. The van der Waals surface area contributed by atoms with Crippen LogP contribution in [-0.4, -0.2) is 17.1 Å². The van der Waals surface area contributed by atoms with E-state index in [4.69, 9.17) is 14.6 Å². The molecule has 1 fully saturated rings. The molecule has 1 aromatic heterocycles. The van der Waals surface area contributed by atoms with E-state index >= 15 is 0 Å². The van der Waals surface area contributed by atoms with Crippen LogP contribution in [0, 0.1) is 12.8 Å². The van der Waals surface area contributed by atoms with Crippen LogP contribution in [-0.2, 0) is 11.3 Å². The van der Waals surface area contributed by atoms with Gasteiger partial charge in [-0.15, -0.1) is 0 Å². The number of hydrogen-bond acceptors (Lipinski definition) is 4. The molecule has 22 heavy (non-hydrogen) atoms. The van der Waals surface area contributed by atoms with E-state index in [1.165, 1.54) is 32.1 Å². The number of nitrogens with zero attached hydrogens (tertiary/aromatic N) is 1. The molecule has 0 bridgehead atoms. The van der Waals surface area contributed by atoms with E-state index in [0.29, 0.717) is 6.10 Å². The SMILES string of the molecule is CC(=O)[O-].CCC1CCC(Oc2nc(C)ccc2C[NH3+])CC1. The van der Waals surface area contributed by atoms with Crippen molar-refractivity contribution in [2.24, 2.45) is 5.92 Å². The van der Waals surface area contributed by atoms with E-state index in [0.717, 1.165) is 36.5 Å². The van der Waals surface area contributed by atoms with Gasteiger partial charge in [0.2, 0.25) is 5.88 Å². The third kappa shape index (κ3) is 6.43. The molecule has 0 amide bonds. The normalized spacial score (nSPS) is 20.7. The van der Waals surface area contributed by atoms with Crippen molar-refractivity contribution in [2.45, 2.75) is 65.5 Å². The maximum atomic E-state index is 8.89. The highest BCUT2D eigenvalue weighted by Crippen LogP contribution is 2.29. The minimum absolute atomic E-state index is 0.354. The topological polar surface area (TPSA) is 89.9 Å². The van der Waals surface area contributed by atoms with Crippen LogP contribution in [0.5, 0.6) is 5.88 Å². The summed E-state index contributed by atoms with van der Waals surface area (Å²) in [5, 5.41) is 8.89. The first-order valence-corrected chi connectivity index (χ1v) is 8.06. The van der Waals surface area contributed by atoms with Crippen LogP contribution in [0.15, 0.2) is 12.1 Å². The van der Waals surface area contributed by atoms with Gasteiger partial charge in [0.25, 0.3) is 0 Å². The van der Waals surface area contributed by atoms with E-state index < -0.39 is 5.97 Å². The molecule has 0 radical (unpaired) electrons. The van der Waals surface area contributed by atoms with Crippen LogP contribution in [0.2, 0.25) is 0 Å². The van der Waals surface area contributed by atoms with Crippen LogP contribution in [0.25, 0.3) is 0 Å². The van der Waals surface area contributed by atoms with Gasteiger partial charge in [-0.1, -0.05) is 13.3 Å². The van der Waals surface area contributed by atoms with Gasteiger partial charge in [-0.05, 0) is 57.6 Å². The summed E-state index contributed by atoms with van der Waals surface area (Å²) in [6, 6.07) is 4.11. The number of carboxylic acid groups (broad SMARTS) is 1. The molecule has 0 unspecified atom stereocenters. The fraction of sp³-hybridized carbons (Fsp3) is 0.647. The van der Waals surface area contributed by atoms with Gasteiger partial charge in [0.15, 0.2) is 0 Å². The number of carboxylic acids is 1. The quantitative estimate of drug-likeness (QED) is 0.906. The first-order valence-electron chi connectivity index (χ1n) is 8.06. The van der Waals surface area contributed by atoms with E-state index in [1.54, 1.807) is 0 Å². The predicted octanol–water partition coefficient (Wildman–Crippen LogP) is 1.24. The van der Waals surface area contributed by atoms with Crippen molar-refractivity contribution in [1.82, 2.24) is 4.98 Å². The van der Waals surface area contributed by atoms with Crippen molar-refractivity contribution in [3.8, 4) is 5.88 Å². The zero-order valence-electron chi connectivity index (χ0n) is 13.9. The Morgan fingerprint density at radius 3 is 2.45 bits per heavy atom. The molecule has 1 saturated carbocycles. The molecular weight excluding hydrogens is 280 g/mol. The second-order valence-electron chi connectivity index (χ2n) is 5.83. The fourth-order valence-electron chi connectivity index (χ4n) is 2.67. The first kappa shape index (κ1) is 18.4. The zero-order valence-corrected chi connectivity index (χ0v) is 13.9. The van der Waals surface area contributed by atoms with Crippen LogP contribution in [0.1, 0.15) is 57.2 Å². The Morgan fingerprint density at radius 1 is 1.36 bits per heavy atom. The Hall–Kier alpha value is -1.62. The van der Waals surface area contributed by atoms with Gasteiger partial charge in [0, 0.05) is 11.7 Å². The number of aliphatic carboxylic acids is 1. The summed E-state index contributed by atoms with van der Waals surface area (Å²) < 4.78 is 6.10. The molecular formula is C17H28N2O3. The van der Waals surface area contributed by atoms with Crippen molar-refractivity contribution < 1.29 is 20.4 Å². The third-order valence-corrected chi connectivity index (χ3v) is 4.00. The summed E-state index contributed by atoms with van der Waals surface area (Å²) in [7, 11) is 0. The first-order chi connectivity index (χ1) is 10.5. The molecule has 2 rings (SSSR count). The van der Waals surface area contributed by atoms with Gasteiger partial charge >= 0.3 is 0 Å². The van der Waals surface area contributed by atoms with Crippen molar-refractivity contribution >= 4 is 5.97 Å². The zero-order chi connectivity index (χ0) is 16.5. The summed E-state index contributed by atoms with van der Waals surface area (Å²) in [6.07, 6.45) is 6.60. The minimum Gasteiger partial charge on any atom is -0.550 e. The molecule has 0 aromatic carbocycles. The average molecular weight is 308 g/mol. The summed E-state index contributed by atoms with van der Waals surface area (Å²) in [5.74, 6) is 0.632. The number of rotatable bonds is 4. The number of carbonyl (C=O) groups excluding carboxylic acids is 1. The summed E-state index contributed by atoms with van der Waals surface area (Å²) in [6.45, 7) is 6.01. The van der Waals surface area contributed by atoms with Gasteiger partial charge in [-0.3, -0.25) is 0 Å². The summed E-state index contributed by atoms with van der Waals surface area (Å²) in [5.41, 5.74) is 6.09. The highest BCUT2D eigenvalue weighted by molar-refractivity contribution is 5.60. The van der Waals surface area contributed by atoms with Gasteiger partial charge in [0.1, 0.15) is 12.6 Å². The van der Waals surface area contributed by atoms with Crippen LogP contribution in [0.4, 0.5) is 0 Å². The second-order valence-corrected chi connectivity index (χ2v) is 5.83. The monoisotopic (exact) mass is 308 g/mol. The van der Waals surface area contributed by atoms with Crippen molar-refractivity contribution in [2.75, 3.05) is 0 Å². The number of carbonyl (C=O) groups is 1. The Labute approximate surface area is 132 Å². The highest BCUT2D eigenvalue weighted by atomic mass is 16.5. The van der Waals surface area contributed by atoms with E-state index in [2.05, 4.69) is 23.7 Å². The van der Waals surface area contributed by atoms with Gasteiger partial charge < -0.3 is 20.4 Å². The molecule has 5 nitrogen and oxygen atoms in total. The number of ether oxygens (including phenoxy) is 1. The number of quaternary nitrogens is 1. The lowest BCUT2D eigenvalue weighted by atomic mass is 9.86. The molecule has 124 valence electrons. The summed E-state index contributed by atoms with van der Waals surface area (Å²) >= 11 is 0. The minimum atomic E-state index is -1.08. The van der Waals surface area contributed by atoms with Crippen LogP contribution >= 0.6 is 0 Å². The highest BCUT2D eigenvalue weighted by Gasteiger charge is 2.22. The van der Waals surface area contributed by atoms with Gasteiger partial charge in [0.05, 0.1) is 5.56 Å². The summed E-state index contributed by atoms with van der Waals surface area (Å²) in [4.78, 5) is 13.4. The Kier molecular flexibility index (Phi) is 7.88. The molecule has 1 aliphatic carbocycles. The van der Waals surface area contributed by atoms with Crippen LogP contribution in [0.3, 0.4) is 0 Å². The second kappa shape index (κ2) is 9.41. The van der Waals surface area contributed by atoms with Crippen molar-refractivity contribution in [1.29, 1.82) is 0 Å². The molecule has 1 aliphatic rings. The van der Waals surface area contributed by atoms with E-state index in [1.807, 2.05) is 13.0 Å². The van der Waals surface area contributed by atoms with Gasteiger partial charge in [-0.25, -0.2) is 4.98 Å². The largest absolute Gasteiger partial charge is 0.550 e. The molecule has 0 spiro atoms. The molecule has 0 saturated heterocycles. The predicted molar refractivity (Wildman–Crippen MR) is 82.9 cm³/mol. The van der Waals surface area contributed by atoms with Crippen LogP contribution < -0.4 is 15.6 Å². The number of aryl methyl sites for hydroxylation is 1. The lowest BCUT2D eigenvalue weighted by Gasteiger charge is -2.28. The van der Waals surface area contributed by atoms with E-state index in [9.17, 15) is 0 Å². The standard InChI is InChI=1S/C15H24N2O.C2H4O2/c1-3-12-5-8-14(9-6-12)18-15-13(10-16)7-4-11(2)17-15;1-2(3)4/h4,7,12,14H,3,5-6,8-10,16H2,1-2H3;1H3,(H,3,4). The molecule has 3 N–H and O–H groups in total.